The predicted molar refractivity (Wildman–Crippen MR) is 273 cm³/mol. The SMILES string of the molecule is Cc1cc(/C=C(/CC[C@H]2OB(O)C[C@H]3C2=C(CO[Si](c2ccccc2)(c2ccccc2)C(C)(C)C)C[C@H]2C(=O)N(c4ccc(Nc5ccccc5)cc4)C(=O)[C@H]23)c2ccccc2)cc(C)c1O. The van der Waals surface area contributed by atoms with Gasteiger partial charge in [-0.05, 0) is 148 Å². The number of allylic oxidation sites excluding steroid dienone is 1. The predicted octanol–water partition coefficient (Wildman–Crippen LogP) is 10.7. The summed E-state index contributed by atoms with van der Waals surface area (Å²) in [6.45, 7) is 10.8. The van der Waals surface area contributed by atoms with Crippen molar-refractivity contribution in [3.63, 3.8) is 0 Å². The minimum absolute atomic E-state index is 0.190. The van der Waals surface area contributed by atoms with Gasteiger partial charge in [-0.15, -0.1) is 0 Å². The van der Waals surface area contributed by atoms with Gasteiger partial charge in [0.05, 0.1) is 30.2 Å². The second kappa shape index (κ2) is 19.1. The molecule has 2 aliphatic heterocycles. The van der Waals surface area contributed by atoms with E-state index in [0.29, 0.717) is 30.7 Å². The van der Waals surface area contributed by atoms with Gasteiger partial charge in [-0.3, -0.25) is 14.5 Å². The van der Waals surface area contributed by atoms with Crippen molar-refractivity contribution >= 4 is 66.3 Å². The van der Waals surface area contributed by atoms with E-state index in [0.717, 1.165) is 60.7 Å². The van der Waals surface area contributed by atoms with Gasteiger partial charge >= 0.3 is 7.12 Å². The van der Waals surface area contributed by atoms with E-state index < -0.39 is 39.3 Å². The summed E-state index contributed by atoms with van der Waals surface area (Å²) in [4.78, 5) is 31.2. The number of hydrogen-bond donors (Lipinski definition) is 3. The minimum Gasteiger partial charge on any atom is -0.507 e. The number of phenols is 1. The molecule has 1 aliphatic carbocycles. The zero-order valence-electron chi connectivity index (χ0n) is 39.0. The van der Waals surface area contributed by atoms with Crippen LogP contribution in [0.3, 0.4) is 0 Å². The van der Waals surface area contributed by atoms with E-state index in [4.69, 9.17) is 9.08 Å². The highest BCUT2D eigenvalue weighted by Gasteiger charge is 2.58. The normalized spacial score (nSPS) is 19.9. The first-order chi connectivity index (χ1) is 32.3. The Morgan fingerprint density at radius 2 is 1.33 bits per heavy atom. The number of carbonyl (C=O) groups is 2. The van der Waals surface area contributed by atoms with Crippen molar-refractivity contribution in [2.45, 2.75) is 71.3 Å². The third kappa shape index (κ3) is 9.11. The molecule has 8 nitrogen and oxygen atoms in total. The van der Waals surface area contributed by atoms with Gasteiger partial charge in [0.1, 0.15) is 5.75 Å². The average molecular weight is 907 g/mol. The third-order valence-electron chi connectivity index (χ3n) is 14.1. The van der Waals surface area contributed by atoms with E-state index in [-0.39, 0.29) is 29.8 Å². The topological polar surface area (TPSA) is 108 Å². The van der Waals surface area contributed by atoms with Crippen LogP contribution in [0.2, 0.25) is 11.4 Å². The monoisotopic (exact) mass is 906 g/mol. The summed E-state index contributed by atoms with van der Waals surface area (Å²) < 4.78 is 14.2. The second-order valence-corrected chi connectivity index (χ2v) is 23.7. The van der Waals surface area contributed by atoms with Gasteiger partial charge in [0, 0.05) is 11.4 Å². The molecule has 6 aromatic rings. The largest absolute Gasteiger partial charge is 0.507 e. The Balaban J connectivity index is 1.11. The first kappa shape index (κ1) is 45.8. The highest BCUT2D eigenvalue weighted by Crippen LogP contribution is 2.52. The minimum atomic E-state index is -3.05. The van der Waals surface area contributed by atoms with Gasteiger partial charge in [0.2, 0.25) is 11.8 Å². The average Bonchev–Trinajstić information content (AvgIpc) is 3.58. The third-order valence-corrected chi connectivity index (χ3v) is 19.0. The molecule has 10 heteroatoms. The van der Waals surface area contributed by atoms with Crippen molar-refractivity contribution in [1.82, 2.24) is 0 Å². The molecular weight excluding hydrogens is 848 g/mol. The molecule has 6 aromatic carbocycles. The van der Waals surface area contributed by atoms with Gasteiger partial charge in [-0.25, -0.2) is 0 Å². The summed E-state index contributed by atoms with van der Waals surface area (Å²) >= 11 is 0. The zero-order chi connectivity index (χ0) is 46.9. The molecule has 340 valence electrons. The maximum Gasteiger partial charge on any atom is 0.455 e. The van der Waals surface area contributed by atoms with Gasteiger partial charge in [0.15, 0.2) is 0 Å². The number of rotatable bonds is 13. The Hall–Kier alpha value is -6.30. The summed E-state index contributed by atoms with van der Waals surface area (Å²) in [6, 6.07) is 52.6. The number of amides is 2. The fraction of sp³-hybridized carbons (Fsp3) is 0.263. The van der Waals surface area contributed by atoms with E-state index in [1.807, 2.05) is 111 Å². The van der Waals surface area contributed by atoms with E-state index in [1.165, 1.54) is 4.90 Å². The molecule has 2 saturated heterocycles. The number of carbonyl (C=O) groups excluding carboxylic acids is 2. The lowest BCUT2D eigenvalue weighted by Gasteiger charge is -2.46. The van der Waals surface area contributed by atoms with Crippen LogP contribution in [0.4, 0.5) is 17.1 Å². The zero-order valence-corrected chi connectivity index (χ0v) is 40.0. The van der Waals surface area contributed by atoms with Crippen LogP contribution in [0.1, 0.15) is 62.3 Å². The molecule has 2 fully saturated rings. The number of imide groups is 1. The number of nitrogens with zero attached hydrogens (tertiary/aromatic N) is 1. The number of aromatic hydroxyl groups is 1. The maximum atomic E-state index is 14.9. The van der Waals surface area contributed by atoms with Crippen molar-refractivity contribution in [2.75, 3.05) is 16.8 Å². The molecule has 3 N–H and O–H groups in total. The van der Waals surface area contributed by atoms with Crippen LogP contribution in [0.15, 0.2) is 169 Å². The number of para-hydroxylation sites is 1. The molecule has 0 saturated carbocycles. The van der Waals surface area contributed by atoms with Crippen LogP contribution in [-0.4, -0.2) is 50.1 Å². The van der Waals surface area contributed by atoms with Gasteiger partial charge < -0.3 is 24.5 Å². The van der Waals surface area contributed by atoms with Gasteiger partial charge in [0.25, 0.3) is 8.32 Å². The molecule has 0 aromatic heterocycles. The lowest BCUT2D eigenvalue weighted by Crippen LogP contribution is -2.66. The lowest BCUT2D eigenvalue weighted by atomic mass is 9.58. The number of phenolic OH excluding ortho intramolecular Hbond substituents is 1. The quantitative estimate of drug-likeness (QED) is 0.0458. The summed E-state index contributed by atoms with van der Waals surface area (Å²) in [5.41, 5.74) is 8.96. The Morgan fingerprint density at radius 1 is 0.776 bits per heavy atom. The van der Waals surface area contributed by atoms with Crippen LogP contribution >= 0.6 is 0 Å². The van der Waals surface area contributed by atoms with Crippen molar-refractivity contribution in [1.29, 1.82) is 0 Å². The van der Waals surface area contributed by atoms with E-state index in [1.54, 1.807) is 0 Å². The number of nitrogens with one attached hydrogen (secondary N) is 1. The second-order valence-electron chi connectivity index (χ2n) is 19.4. The molecule has 0 spiro atoms. The summed E-state index contributed by atoms with van der Waals surface area (Å²) in [7, 11) is -4.18. The molecular formula is C57H59BN2O6Si. The highest BCUT2D eigenvalue weighted by molar-refractivity contribution is 6.99. The Morgan fingerprint density at radius 3 is 1.91 bits per heavy atom. The Bertz CT molecular complexity index is 2730. The molecule has 0 unspecified atom stereocenters. The number of fused-ring (bicyclic) bond motifs is 3. The molecule has 3 aliphatic rings. The van der Waals surface area contributed by atoms with Crippen molar-refractivity contribution in [3.8, 4) is 5.75 Å². The van der Waals surface area contributed by atoms with Gasteiger partial charge in [-0.1, -0.05) is 136 Å². The van der Waals surface area contributed by atoms with Crippen LogP contribution < -0.4 is 20.6 Å². The first-order valence-corrected chi connectivity index (χ1v) is 25.4. The summed E-state index contributed by atoms with van der Waals surface area (Å²) in [5.74, 6) is -1.93. The standard InChI is InChI=1S/C57H59BN2O6Si/c1-38-32-40(33-39(2)54(38)61)34-42(41-18-10-6-11-19-41)26-31-51-52-43(37-65-67(57(3,4)5,47-22-14-8-15-23-47)48-24-16-9-17-25-48)35-49-53(50(52)36-58(64)66-51)56(63)60(55(49)62)46-29-27-45(28-30-46)59-44-20-12-7-13-21-44/h6-25,27-30,32-34,49-51,53,59,61,64H,26,31,35-37H2,1-5H3/b42-34-/t49-,50+,51-,53-/m1/s1. The van der Waals surface area contributed by atoms with Crippen LogP contribution in [0.25, 0.3) is 11.6 Å². The molecule has 2 amide bonds. The van der Waals surface area contributed by atoms with Crippen molar-refractivity contribution in [2.24, 2.45) is 17.8 Å². The van der Waals surface area contributed by atoms with Crippen LogP contribution in [-0.2, 0) is 18.7 Å². The Labute approximate surface area is 396 Å². The molecule has 0 bridgehead atoms. The number of benzene rings is 6. The molecule has 0 radical (unpaired) electrons. The van der Waals surface area contributed by atoms with Crippen LogP contribution in [0, 0.1) is 31.6 Å². The number of hydrogen-bond acceptors (Lipinski definition) is 7. The van der Waals surface area contributed by atoms with Gasteiger partial charge in [-0.2, -0.15) is 0 Å². The fourth-order valence-electron chi connectivity index (χ4n) is 11.0. The first-order valence-electron chi connectivity index (χ1n) is 23.5. The highest BCUT2D eigenvalue weighted by atomic mass is 28.4. The lowest BCUT2D eigenvalue weighted by molar-refractivity contribution is -0.122. The Kier molecular flexibility index (Phi) is 13.1. The van der Waals surface area contributed by atoms with E-state index in [9.17, 15) is 19.7 Å². The number of aryl methyl sites for hydroxylation is 2. The smallest absolute Gasteiger partial charge is 0.455 e. The van der Waals surface area contributed by atoms with Crippen LogP contribution in [0.5, 0.6) is 5.75 Å². The molecule has 67 heavy (non-hydrogen) atoms. The maximum absolute atomic E-state index is 14.9. The van der Waals surface area contributed by atoms with E-state index in [2.05, 4.69) is 92.8 Å². The molecule has 4 atom stereocenters. The summed E-state index contributed by atoms with van der Waals surface area (Å²) in [6.07, 6.45) is 3.25. The molecule has 2 heterocycles. The van der Waals surface area contributed by atoms with E-state index >= 15 is 0 Å². The summed E-state index contributed by atoms with van der Waals surface area (Å²) in [5, 5.41) is 27.7. The molecule has 9 rings (SSSR count). The van der Waals surface area contributed by atoms with Crippen molar-refractivity contribution < 1.29 is 28.8 Å². The fourth-order valence-corrected chi connectivity index (χ4v) is 15.5. The number of anilines is 3. The van der Waals surface area contributed by atoms with Crippen molar-refractivity contribution in [3.05, 3.63) is 191 Å².